The molecule has 1 rings (SSSR count). The van der Waals surface area contributed by atoms with E-state index in [2.05, 4.69) is 17.1 Å². The summed E-state index contributed by atoms with van der Waals surface area (Å²) in [5.74, 6) is 0.268. The number of likely N-dealkylation sites (tertiary alicyclic amines) is 1. The summed E-state index contributed by atoms with van der Waals surface area (Å²) in [6.45, 7) is 6.36. The van der Waals surface area contributed by atoms with Crippen LogP contribution in [0, 0.1) is 0 Å². The van der Waals surface area contributed by atoms with Gasteiger partial charge in [0.15, 0.2) is 0 Å². The molecule has 1 amide bonds. The van der Waals surface area contributed by atoms with Crippen molar-refractivity contribution in [3.63, 3.8) is 0 Å². The van der Waals surface area contributed by atoms with Crippen LogP contribution in [-0.4, -0.2) is 62.0 Å². The van der Waals surface area contributed by atoms with Gasteiger partial charge < -0.3 is 15.1 Å². The molecule has 0 saturated carbocycles. The number of rotatable bonds is 5. The molecule has 6 heteroatoms. The van der Waals surface area contributed by atoms with Crippen molar-refractivity contribution in [1.29, 1.82) is 0 Å². The molecule has 0 unspecified atom stereocenters. The van der Waals surface area contributed by atoms with Crippen LogP contribution in [0.4, 0.5) is 0 Å². The van der Waals surface area contributed by atoms with Crippen LogP contribution >= 0.6 is 24.8 Å². The normalized spacial score (nSPS) is 16.6. The van der Waals surface area contributed by atoms with Gasteiger partial charge in [-0.1, -0.05) is 6.92 Å². The zero-order valence-corrected chi connectivity index (χ0v) is 13.3. The molecule has 1 saturated heterocycles. The van der Waals surface area contributed by atoms with E-state index in [9.17, 15) is 4.79 Å². The Balaban J connectivity index is 0. The fraction of sp³-hybridized carbons (Fsp3) is 0.917. The maximum Gasteiger partial charge on any atom is 0.223 e. The Hall–Kier alpha value is -0.0300. The summed E-state index contributed by atoms with van der Waals surface area (Å²) < 4.78 is 0. The standard InChI is InChI=1S/C12H25N3O.2ClH/c1-4-15-9-6-11(7-10-15)14(3)12(16)5-8-13-2;;/h11,13H,4-10H2,1-3H3;2*1H. The maximum absolute atomic E-state index is 11.8. The number of halogens is 2. The van der Waals surface area contributed by atoms with Crippen molar-refractivity contribution >= 4 is 30.7 Å². The summed E-state index contributed by atoms with van der Waals surface area (Å²) >= 11 is 0. The van der Waals surface area contributed by atoms with Crippen molar-refractivity contribution in [3.8, 4) is 0 Å². The SMILES string of the molecule is CCN1CCC(N(C)C(=O)CCNC)CC1.Cl.Cl. The van der Waals surface area contributed by atoms with Gasteiger partial charge in [0.05, 0.1) is 0 Å². The van der Waals surface area contributed by atoms with Gasteiger partial charge in [-0.3, -0.25) is 4.79 Å². The van der Waals surface area contributed by atoms with Crippen molar-refractivity contribution in [2.24, 2.45) is 0 Å². The monoisotopic (exact) mass is 299 g/mol. The van der Waals surface area contributed by atoms with E-state index in [4.69, 9.17) is 0 Å². The molecular weight excluding hydrogens is 273 g/mol. The van der Waals surface area contributed by atoms with Crippen LogP contribution < -0.4 is 5.32 Å². The van der Waals surface area contributed by atoms with E-state index in [1.54, 1.807) is 0 Å². The average Bonchev–Trinajstić information content (AvgIpc) is 2.35. The Labute approximate surface area is 123 Å². The highest BCUT2D eigenvalue weighted by Crippen LogP contribution is 2.15. The third-order valence-corrected chi connectivity index (χ3v) is 3.53. The smallest absolute Gasteiger partial charge is 0.223 e. The molecule has 0 aromatic rings. The Bertz CT molecular complexity index is 221. The van der Waals surface area contributed by atoms with Gasteiger partial charge in [-0.25, -0.2) is 0 Å². The van der Waals surface area contributed by atoms with Crippen LogP contribution in [0.25, 0.3) is 0 Å². The summed E-state index contributed by atoms with van der Waals surface area (Å²) in [5.41, 5.74) is 0. The molecular formula is C12H27Cl2N3O. The van der Waals surface area contributed by atoms with E-state index in [1.165, 1.54) is 0 Å². The second kappa shape index (κ2) is 10.9. The van der Waals surface area contributed by atoms with Gasteiger partial charge in [0, 0.05) is 39.1 Å². The minimum absolute atomic E-state index is 0. The summed E-state index contributed by atoms with van der Waals surface area (Å²) in [7, 11) is 3.83. The second-order valence-corrected chi connectivity index (χ2v) is 4.52. The molecule has 0 bridgehead atoms. The molecule has 1 heterocycles. The summed E-state index contributed by atoms with van der Waals surface area (Å²) in [4.78, 5) is 16.2. The van der Waals surface area contributed by atoms with Crippen LogP contribution in [0.5, 0.6) is 0 Å². The molecule has 4 nitrogen and oxygen atoms in total. The van der Waals surface area contributed by atoms with Gasteiger partial charge in [-0.05, 0) is 26.4 Å². The van der Waals surface area contributed by atoms with Gasteiger partial charge in [-0.2, -0.15) is 0 Å². The van der Waals surface area contributed by atoms with E-state index in [0.717, 1.165) is 39.0 Å². The Morgan fingerprint density at radius 1 is 1.33 bits per heavy atom. The third-order valence-electron chi connectivity index (χ3n) is 3.53. The lowest BCUT2D eigenvalue weighted by Gasteiger charge is -2.36. The summed E-state index contributed by atoms with van der Waals surface area (Å²) in [5, 5.41) is 3.02. The van der Waals surface area contributed by atoms with Crippen LogP contribution in [-0.2, 0) is 4.79 Å². The minimum Gasteiger partial charge on any atom is -0.343 e. The van der Waals surface area contributed by atoms with Crippen molar-refractivity contribution in [3.05, 3.63) is 0 Å². The van der Waals surface area contributed by atoms with E-state index in [0.29, 0.717) is 12.5 Å². The number of carbonyl (C=O) groups excluding carboxylic acids is 1. The van der Waals surface area contributed by atoms with Crippen LogP contribution in [0.3, 0.4) is 0 Å². The Morgan fingerprint density at radius 3 is 2.33 bits per heavy atom. The van der Waals surface area contributed by atoms with Crippen molar-refractivity contribution in [2.75, 3.05) is 40.3 Å². The van der Waals surface area contributed by atoms with Gasteiger partial charge in [0.25, 0.3) is 0 Å². The fourth-order valence-corrected chi connectivity index (χ4v) is 2.23. The Kier molecular flexibility index (Phi) is 12.2. The summed E-state index contributed by atoms with van der Waals surface area (Å²) in [6.07, 6.45) is 2.85. The highest BCUT2D eigenvalue weighted by atomic mass is 35.5. The van der Waals surface area contributed by atoms with Gasteiger partial charge in [-0.15, -0.1) is 24.8 Å². The van der Waals surface area contributed by atoms with Gasteiger partial charge in [0.2, 0.25) is 5.91 Å². The third kappa shape index (κ3) is 6.23. The number of piperidine rings is 1. The fourth-order valence-electron chi connectivity index (χ4n) is 2.23. The molecule has 1 N–H and O–H groups in total. The predicted octanol–water partition coefficient (Wildman–Crippen LogP) is 1.38. The lowest BCUT2D eigenvalue weighted by atomic mass is 10.0. The second-order valence-electron chi connectivity index (χ2n) is 4.52. The zero-order chi connectivity index (χ0) is 12.0. The number of hydrogen-bond acceptors (Lipinski definition) is 3. The zero-order valence-electron chi connectivity index (χ0n) is 11.6. The highest BCUT2D eigenvalue weighted by molar-refractivity contribution is 5.85. The van der Waals surface area contributed by atoms with E-state index < -0.39 is 0 Å². The van der Waals surface area contributed by atoms with Crippen LogP contribution in [0.15, 0.2) is 0 Å². The van der Waals surface area contributed by atoms with Gasteiger partial charge in [0.1, 0.15) is 0 Å². The topological polar surface area (TPSA) is 35.6 Å². The number of hydrogen-bond donors (Lipinski definition) is 1. The number of nitrogens with zero attached hydrogens (tertiary/aromatic N) is 2. The first-order valence-corrected chi connectivity index (χ1v) is 6.31. The highest BCUT2D eigenvalue weighted by Gasteiger charge is 2.24. The molecule has 110 valence electrons. The van der Waals surface area contributed by atoms with Crippen LogP contribution in [0.2, 0.25) is 0 Å². The molecule has 1 aliphatic rings. The molecule has 0 radical (unpaired) electrons. The summed E-state index contributed by atoms with van der Waals surface area (Å²) in [6, 6.07) is 0.451. The average molecular weight is 300 g/mol. The van der Waals surface area contributed by atoms with E-state index in [-0.39, 0.29) is 30.7 Å². The van der Waals surface area contributed by atoms with Crippen molar-refractivity contribution in [2.45, 2.75) is 32.2 Å². The molecule has 0 aromatic heterocycles. The molecule has 1 fully saturated rings. The van der Waals surface area contributed by atoms with E-state index in [1.807, 2.05) is 19.0 Å². The van der Waals surface area contributed by atoms with Gasteiger partial charge >= 0.3 is 0 Å². The lowest BCUT2D eigenvalue weighted by Crippen LogP contribution is -2.45. The van der Waals surface area contributed by atoms with E-state index >= 15 is 0 Å². The lowest BCUT2D eigenvalue weighted by molar-refractivity contribution is -0.132. The quantitative estimate of drug-likeness (QED) is 0.833. The van der Waals surface area contributed by atoms with Crippen LogP contribution in [0.1, 0.15) is 26.2 Å². The molecule has 0 aromatic carbocycles. The molecule has 0 spiro atoms. The first-order chi connectivity index (χ1) is 7.69. The minimum atomic E-state index is 0. The largest absolute Gasteiger partial charge is 0.343 e. The maximum atomic E-state index is 11.8. The number of carbonyl (C=O) groups is 1. The van der Waals surface area contributed by atoms with Crippen molar-refractivity contribution < 1.29 is 4.79 Å². The number of amides is 1. The van der Waals surface area contributed by atoms with Crippen molar-refractivity contribution in [1.82, 2.24) is 15.1 Å². The predicted molar refractivity (Wildman–Crippen MR) is 80.9 cm³/mol. The number of nitrogens with one attached hydrogen (secondary N) is 1. The molecule has 1 aliphatic heterocycles. The molecule has 0 atom stereocenters. The molecule has 18 heavy (non-hydrogen) atoms. The molecule has 0 aliphatic carbocycles. The first kappa shape index (κ1) is 20.3. The Morgan fingerprint density at radius 2 is 1.89 bits per heavy atom. The first-order valence-electron chi connectivity index (χ1n) is 6.31.